The largest absolute Gasteiger partial charge is 0.383 e. The van der Waals surface area contributed by atoms with Gasteiger partial charge in [0.15, 0.2) is 0 Å². The van der Waals surface area contributed by atoms with Gasteiger partial charge in [0.2, 0.25) is 5.91 Å². The van der Waals surface area contributed by atoms with Crippen molar-refractivity contribution in [1.29, 1.82) is 0 Å². The first-order valence-corrected chi connectivity index (χ1v) is 6.29. The van der Waals surface area contributed by atoms with E-state index >= 15 is 0 Å². The zero-order valence-electron chi connectivity index (χ0n) is 11.7. The fourth-order valence-electron chi connectivity index (χ4n) is 1.75. The maximum atomic E-state index is 11.9. The Labute approximate surface area is 121 Å². The molecule has 1 rings (SSSR count). The molecule has 4 nitrogen and oxygen atoms in total. The van der Waals surface area contributed by atoms with Gasteiger partial charge >= 0.3 is 0 Å². The molecule has 0 aliphatic heterocycles. The maximum absolute atomic E-state index is 11.9. The van der Waals surface area contributed by atoms with E-state index in [4.69, 9.17) is 10.5 Å². The second-order valence-corrected chi connectivity index (χ2v) is 4.25. The van der Waals surface area contributed by atoms with Gasteiger partial charge in [-0.15, -0.1) is 12.4 Å². The summed E-state index contributed by atoms with van der Waals surface area (Å²) < 4.78 is 4.88. The number of halogens is 1. The summed E-state index contributed by atoms with van der Waals surface area (Å²) in [6.45, 7) is 4.37. The van der Waals surface area contributed by atoms with E-state index in [0.29, 0.717) is 0 Å². The molecular weight excluding hydrogens is 264 g/mol. The lowest BCUT2D eigenvalue weighted by molar-refractivity contribution is -0.118. The Hall–Kier alpha value is -1.10. The predicted molar refractivity (Wildman–Crippen MR) is 80.9 cm³/mol. The number of aryl methyl sites for hydroxylation is 2. The van der Waals surface area contributed by atoms with Crippen molar-refractivity contribution >= 4 is 24.0 Å². The van der Waals surface area contributed by atoms with Crippen molar-refractivity contribution < 1.29 is 9.53 Å². The highest BCUT2D eigenvalue weighted by atomic mass is 35.5. The molecule has 0 saturated carbocycles. The molecule has 0 spiro atoms. The monoisotopic (exact) mass is 286 g/mol. The van der Waals surface area contributed by atoms with Crippen molar-refractivity contribution in [2.75, 3.05) is 19.0 Å². The molecule has 1 aromatic carbocycles. The van der Waals surface area contributed by atoms with E-state index in [1.165, 1.54) is 12.7 Å². The summed E-state index contributed by atoms with van der Waals surface area (Å²) in [6.07, 6.45) is 1.82. The average Bonchev–Trinajstić information content (AvgIpc) is 2.38. The van der Waals surface area contributed by atoms with Gasteiger partial charge in [-0.25, -0.2) is 0 Å². The molecule has 0 aliphatic carbocycles. The van der Waals surface area contributed by atoms with Gasteiger partial charge in [-0.3, -0.25) is 4.79 Å². The van der Waals surface area contributed by atoms with Gasteiger partial charge < -0.3 is 15.8 Å². The Bertz CT molecular complexity index is 410. The molecule has 1 unspecified atom stereocenters. The third kappa shape index (κ3) is 5.19. The van der Waals surface area contributed by atoms with Crippen molar-refractivity contribution in [3.05, 3.63) is 29.3 Å². The number of ether oxygens (including phenoxy) is 1. The van der Waals surface area contributed by atoms with E-state index in [9.17, 15) is 4.79 Å². The van der Waals surface area contributed by atoms with E-state index in [1.807, 2.05) is 6.07 Å². The summed E-state index contributed by atoms with van der Waals surface area (Å²) in [4.78, 5) is 11.9. The number of hydrogen-bond acceptors (Lipinski definition) is 3. The fraction of sp³-hybridized carbons (Fsp3) is 0.500. The number of nitrogens with one attached hydrogen (secondary N) is 1. The first-order chi connectivity index (χ1) is 8.62. The van der Waals surface area contributed by atoms with Gasteiger partial charge in [0.05, 0.1) is 6.61 Å². The summed E-state index contributed by atoms with van der Waals surface area (Å²) >= 11 is 0. The van der Waals surface area contributed by atoms with Crippen molar-refractivity contribution in [2.45, 2.75) is 32.7 Å². The third-order valence-electron chi connectivity index (χ3n) is 2.90. The van der Waals surface area contributed by atoms with Crippen LogP contribution in [-0.4, -0.2) is 25.7 Å². The van der Waals surface area contributed by atoms with E-state index in [0.717, 1.165) is 24.1 Å². The van der Waals surface area contributed by atoms with Crippen LogP contribution >= 0.6 is 12.4 Å². The van der Waals surface area contributed by atoms with Crippen LogP contribution in [0.5, 0.6) is 0 Å². The molecule has 1 amide bonds. The minimum absolute atomic E-state index is 0. The van der Waals surface area contributed by atoms with Crippen molar-refractivity contribution in [1.82, 2.24) is 0 Å². The molecule has 0 saturated heterocycles. The molecule has 0 aliphatic rings. The highest BCUT2D eigenvalue weighted by Gasteiger charge is 2.14. The van der Waals surface area contributed by atoms with Crippen LogP contribution in [0.4, 0.5) is 5.69 Å². The first kappa shape index (κ1) is 17.9. The maximum Gasteiger partial charge on any atom is 0.243 e. The van der Waals surface area contributed by atoms with Gasteiger partial charge in [-0.1, -0.05) is 26.0 Å². The minimum atomic E-state index is -0.634. The lowest BCUT2D eigenvalue weighted by Crippen LogP contribution is -2.39. The van der Waals surface area contributed by atoms with E-state index < -0.39 is 6.04 Å². The molecule has 0 aromatic heterocycles. The Kier molecular flexibility index (Phi) is 8.39. The summed E-state index contributed by atoms with van der Waals surface area (Å²) in [5.41, 5.74) is 8.87. The predicted octanol–water partition coefficient (Wildman–Crippen LogP) is 2.15. The Morgan fingerprint density at radius 2 is 2.05 bits per heavy atom. The van der Waals surface area contributed by atoms with Gasteiger partial charge in [0.25, 0.3) is 0 Å². The Morgan fingerprint density at radius 3 is 2.58 bits per heavy atom. The number of nitrogens with two attached hydrogens (primary N) is 1. The molecule has 1 aromatic rings. The minimum Gasteiger partial charge on any atom is -0.383 e. The van der Waals surface area contributed by atoms with Gasteiger partial charge in [0, 0.05) is 12.8 Å². The number of hydrogen-bond donors (Lipinski definition) is 2. The highest BCUT2D eigenvalue weighted by molar-refractivity contribution is 5.95. The molecule has 1 atom stereocenters. The molecule has 108 valence electrons. The Morgan fingerprint density at radius 1 is 1.37 bits per heavy atom. The summed E-state index contributed by atoms with van der Waals surface area (Å²) in [7, 11) is 1.53. The van der Waals surface area contributed by atoms with Crippen molar-refractivity contribution in [3.8, 4) is 0 Å². The quantitative estimate of drug-likeness (QED) is 0.842. The number of carbonyl (C=O) groups excluding carboxylic acids is 1. The van der Waals surface area contributed by atoms with Crippen LogP contribution in [0.1, 0.15) is 25.0 Å². The lowest BCUT2D eigenvalue weighted by Gasteiger charge is -2.15. The van der Waals surface area contributed by atoms with E-state index in [2.05, 4.69) is 31.3 Å². The number of benzene rings is 1. The second-order valence-electron chi connectivity index (χ2n) is 4.25. The van der Waals surface area contributed by atoms with Crippen molar-refractivity contribution in [3.63, 3.8) is 0 Å². The van der Waals surface area contributed by atoms with Gasteiger partial charge in [0.1, 0.15) is 6.04 Å². The molecule has 0 bridgehead atoms. The summed E-state index contributed by atoms with van der Waals surface area (Å²) in [5, 5.41) is 2.88. The van der Waals surface area contributed by atoms with Crippen LogP contribution in [0.3, 0.4) is 0 Å². The number of amides is 1. The molecule has 0 heterocycles. The van der Waals surface area contributed by atoms with Gasteiger partial charge in [-0.05, 0) is 30.0 Å². The average molecular weight is 287 g/mol. The lowest BCUT2D eigenvalue weighted by atomic mass is 10.0. The van der Waals surface area contributed by atoms with Crippen LogP contribution in [0.15, 0.2) is 18.2 Å². The fourth-order valence-corrected chi connectivity index (χ4v) is 1.75. The van der Waals surface area contributed by atoms with Crippen molar-refractivity contribution in [2.24, 2.45) is 5.73 Å². The molecule has 19 heavy (non-hydrogen) atoms. The van der Waals surface area contributed by atoms with Crippen LogP contribution in [0, 0.1) is 0 Å². The number of anilines is 1. The molecule has 3 N–H and O–H groups in total. The molecule has 5 heteroatoms. The zero-order chi connectivity index (χ0) is 13.5. The second kappa shape index (κ2) is 8.91. The summed E-state index contributed by atoms with van der Waals surface area (Å²) in [6, 6.07) is 5.51. The molecular formula is C14H23ClN2O2. The van der Waals surface area contributed by atoms with Crippen LogP contribution < -0.4 is 11.1 Å². The number of carbonyl (C=O) groups is 1. The number of rotatable bonds is 6. The standard InChI is InChI=1S/C14H22N2O2.ClH/c1-4-10-6-7-11(5-2)13(8-10)16-14(17)12(15)9-18-3;/h6-8,12H,4-5,9,15H2,1-3H3,(H,16,17);1H. The zero-order valence-corrected chi connectivity index (χ0v) is 12.5. The highest BCUT2D eigenvalue weighted by Crippen LogP contribution is 2.19. The van der Waals surface area contributed by atoms with Crippen LogP contribution in [0.25, 0.3) is 0 Å². The first-order valence-electron chi connectivity index (χ1n) is 6.29. The SMILES string of the molecule is CCc1ccc(CC)c(NC(=O)C(N)COC)c1.Cl. The topological polar surface area (TPSA) is 64.4 Å². The molecule has 0 fully saturated rings. The van der Waals surface area contributed by atoms with Crippen LogP contribution in [-0.2, 0) is 22.4 Å². The normalized spacial score (nSPS) is 11.6. The Balaban J connectivity index is 0.00000324. The van der Waals surface area contributed by atoms with E-state index in [-0.39, 0.29) is 24.9 Å². The summed E-state index contributed by atoms with van der Waals surface area (Å²) in [5.74, 6) is -0.209. The number of methoxy groups -OCH3 is 1. The van der Waals surface area contributed by atoms with Gasteiger partial charge in [-0.2, -0.15) is 0 Å². The smallest absolute Gasteiger partial charge is 0.243 e. The third-order valence-corrected chi connectivity index (χ3v) is 2.90. The van der Waals surface area contributed by atoms with Crippen LogP contribution in [0.2, 0.25) is 0 Å². The van der Waals surface area contributed by atoms with E-state index in [1.54, 1.807) is 0 Å². The molecule has 0 radical (unpaired) electrons.